The van der Waals surface area contributed by atoms with Gasteiger partial charge in [-0.15, -0.1) is 0 Å². The lowest BCUT2D eigenvalue weighted by molar-refractivity contribution is -0.384. The number of methoxy groups -OCH3 is 1. The summed E-state index contributed by atoms with van der Waals surface area (Å²) in [6.07, 6.45) is 0. The van der Waals surface area contributed by atoms with Crippen molar-refractivity contribution in [3.63, 3.8) is 0 Å². The number of nitro benzene ring substituents is 1. The summed E-state index contributed by atoms with van der Waals surface area (Å²) in [5.74, 6) is 0.389. The van der Waals surface area contributed by atoms with E-state index in [1.807, 2.05) is 0 Å². The molecule has 9 heteroatoms. The van der Waals surface area contributed by atoms with Gasteiger partial charge in [0.2, 0.25) is 0 Å². The number of rotatable bonds is 6. The van der Waals surface area contributed by atoms with Gasteiger partial charge in [0.15, 0.2) is 17.1 Å². The Kier molecular flexibility index (Phi) is 5.25. The number of hydrogen-bond donors (Lipinski definition) is 0. The van der Waals surface area contributed by atoms with E-state index in [1.54, 1.807) is 25.1 Å². The number of carbonyl (C=O) groups excluding carboxylic acids is 1. The average molecular weight is 384 g/mol. The van der Waals surface area contributed by atoms with Crippen LogP contribution in [0.5, 0.6) is 11.5 Å². The number of carbonyl (C=O) groups is 1. The van der Waals surface area contributed by atoms with E-state index >= 15 is 0 Å². The number of hydrogen-bond acceptors (Lipinski definition) is 8. The fraction of sp³-hybridized carbons (Fsp3) is 0.158. The van der Waals surface area contributed by atoms with Gasteiger partial charge in [0.05, 0.1) is 17.6 Å². The summed E-state index contributed by atoms with van der Waals surface area (Å²) < 4.78 is 16.4. The Morgan fingerprint density at radius 1 is 1.14 bits per heavy atom. The van der Waals surface area contributed by atoms with Gasteiger partial charge in [-0.05, 0) is 37.3 Å². The van der Waals surface area contributed by atoms with Crippen LogP contribution in [0.3, 0.4) is 0 Å². The van der Waals surface area contributed by atoms with Crippen LogP contribution in [0.4, 0.5) is 5.69 Å². The molecule has 0 N–H and O–H groups in total. The van der Waals surface area contributed by atoms with Gasteiger partial charge in [0, 0.05) is 17.5 Å². The van der Waals surface area contributed by atoms with E-state index in [-0.39, 0.29) is 17.0 Å². The van der Waals surface area contributed by atoms with Crippen molar-refractivity contribution in [1.82, 2.24) is 0 Å². The molecule has 144 valence electrons. The molecule has 0 amide bonds. The third-order valence-corrected chi connectivity index (χ3v) is 3.93. The third kappa shape index (κ3) is 3.63. The molecule has 0 bridgehead atoms. The number of furan rings is 1. The van der Waals surface area contributed by atoms with Crippen molar-refractivity contribution < 1.29 is 28.4 Å². The SMILES string of the molecule is CO/N=C(/C)c1cc2c(C(=O)Oc3ccc([N+](=O)[O-])cc3)ccc(OC)c2o1. The van der Waals surface area contributed by atoms with Crippen LogP contribution in [-0.2, 0) is 4.84 Å². The van der Waals surface area contributed by atoms with Gasteiger partial charge in [-0.3, -0.25) is 10.1 Å². The van der Waals surface area contributed by atoms with Gasteiger partial charge in [0.25, 0.3) is 5.69 Å². The lowest BCUT2D eigenvalue weighted by Crippen LogP contribution is -2.09. The third-order valence-electron chi connectivity index (χ3n) is 3.93. The van der Waals surface area contributed by atoms with Crippen molar-refractivity contribution >= 4 is 28.3 Å². The molecule has 9 nitrogen and oxygen atoms in total. The second kappa shape index (κ2) is 7.78. The zero-order valence-electron chi connectivity index (χ0n) is 15.3. The molecule has 0 aliphatic rings. The monoisotopic (exact) mass is 384 g/mol. The Bertz CT molecular complexity index is 1070. The molecule has 0 saturated carbocycles. The van der Waals surface area contributed by atoms with Crippen LogP contribution in [0.25, 0.3) is 11.0 Å². The van der Waals surface area contributed by atoms with Crippen molar-refractivity contribution in [2.75, 3.05) is 14.2 Å². The number of esters is 1. The highest BCUT2D eigenvalue weighted by Crippen LogP contribution is 2.32. The molecule has 1 aromatic heterocycles. The Balaban J connectivity index is 1.98. The van der Waals surface area contributed by atoms with Gasteiger partial charge in [-0.2, -0.15) is 0 Å². The van der Waals surface area contributed by atoms with Crippen LogP contribution in [-0.4, -0.2) is 30.8 Å². The van der Waals surface area contributed by atoms with Crippen molar-refractivity contribution in [1.29, 1.82) is 0 Å². The topological polar surface area (TPSA) is 113 Å². The van der Waals surface area contributed by atoms with E-state index in [4.69, 9.17) is 18.7 Å². The van der Waals surface area contributed by atoms with E-state index in [2.05, 4.69) is 5.16 Å². The Hall–Kier alpha value is -3.88. The van der Waals surface area contributed by atoms with Crippen molar-refractivity contribution in [2.24, 2.45) is 5.16 Å². The number of oxime groups is 1. The molecule has 0 fully saturated rings. The van der Waals surface area contributed by atoms with Crippen molar-refractivity contribution in [3.05, 3.63) is 63.9 Å². The first-order chi connectivity index (χ1) is 13.4. The maximum atomic E-state index is 12.7. The number of benzene rings is 2. The largest absolute Gasteiger partial charge is 0.493 e. The highest BCUT2D eigenvalue weighted by atomic mass is 16.6. The summed E-state index contributed by atoms with van der Waals surface area (Å²) in [7, 11) is 2.90. The van der Waals surface area contributed by atoms with Crippen molar-refractivity contribution in [2.45, 2.75) is 6.92 Å². The van der Waals surface area contributed by atoms with Crippen LogP contribution >= 0.6 is 0 Å². The summed E-state index contributed by atoms with van der Waals surface area (Å²) in [5, 5.41) is 15.0. The molecule has 2 aromatic carbocycles. The van der Waals surface area contributed by atoms with E-state index in [9.17, 15) is 14.9 Å². The van der Waals surface area contributed by atoms with Gasteiger partial charge in [0.1, 0.15) is 18.6 Å². The molecule has 1 heterocycles. The van der Waals surface area contributed by atoms with Crippen LogP contribution in [0.15, 0.2) is 52.0 Å². The number of nitrogens with zero attached hydrogens (tertiary/aromatic N) is 2. The van der Waals surface area contributed by atoms with Gasteiger partial charge in [-0.1, -0.05) is 5.16 Å². The molecule has 3 rings (SSSR count). The van der Waals surface area contributed by atoms with Gasteiger partial charge < -0.3 is 18.7 Å². The molecule has 0 spiro atoms. The van der Waals surface area contributed by atoms with Crippen LogP contribution in [0, 0.1) is 10.1 Å². The molecule has 0 atom stereocenters. The highest BCUT2D eigenvalue weighted by Gasteiger charge is 2.20. The first-order valence-electron chi connectivity index (χ1n) is 8.10. The summed E-state index contributed by atoms with van der Waals surface area (Å²) in [5.41, 5.74) is 0.991. The van der Waals surface area contributed by atoms with Gasteiger partial charge >= 0.3 is 5.97 Å². The molecule has 0 saturated heterocycles. The smallest absolute Gasteiger partial charge is 0.344 e. The fourth-order valence-corrected chi connectivity index (χ4v) is 2.60. The van der Waals surface area contributed by atoms with Crippen LogP contribution in [0.1, 0.15) is 23.0 Å². The minimum absolute atomic E-state index is 0.0981. The molecular formula is C19H16N2O7. The predicted molar refractivity (Wildman–Crippen MR) is 100 cm³/mol. The van der Waals surface area contributed by atoms with Crippen LogP contribution in [0.2, 0.25) is 0 Å². The summed E-state index contributed by atoms with van der Waals surface area (Å²) in [6.45, 7) is 1.70. The van der Waals surface area contributed by atoms with Gasteiger partial charge in [-0.25, -0.2) is 4.79 Å². The maximum Gasteiger partial charge on any atom is 0.344 e. The lowest BCUT2D eigenvalue weighted by atomic mass is 10.1. The summed E-state index contributed by atoms with van der Waals surface area (Å²) in [6, 6.07) is 10.0. The van der Waals surface area contributed by atoms with Crippen molar-refractivity contribution in [3.8, 4) is 11.5 Å². The second-order valence-electron chi connectivity index (χ2n) is 5.67. The normalized spacial score (nSPS) is 11.3. The number of ether oxygens (including phenoxy) is 2. The quantitative estimate of drug-likeness (QED) is 0.208. The Labute approximate surface area is 159 Å². The number of fused-ring (bicyclic) bond motifs is 1. The lowest BCUT2D eigenvalue weighted by Gasteiger charge is -2.07. The number of non-ortho nitro benzene ring substituents is 1. The first-order valence-corrected chi connectivity index (χ1v) is 8.10. The summed E-state index contributed by atoms with van der Waals surface area (Å²) in [4.78, 5) is 27.6. The zero-order chi connectivity index (χ0) is 20.3. The van der Waals surface area contributed by atoms with E-state index < -0.39 is 10.9 Å². The minimum atomic E-state index is -0.643. The zero-order valence-corrected chi connectivity index (χ0v) is 15.3. The van der Waals surface area contributed by atoms with E-state index in [0.717, 1.165) is 0 Å². The Morgan fingerprint density at radius 2 is 1.86 bits per heavy atom. The van der Waals surface area contributed by atoms with Crippen LogP contribution < -0.4 is 9.47 Å². The van der Waals surface area contributed by atoms with E-state index in [0.29, 0.717) is 28.2 Å². The molecule has 0 radical (unpaired) electrons. The molecule has 0 aliphatic heterocycles. The maximum absolute atomic E-state index is 12.7. The first kappa shape index (κ1) is 18.9. The molecule has 3 aromatic rings. The average Bonchev–Trinajstić information content (AvgIpc) is 3.13. The fourth-order valence-electron chi connectivity index (χ4n) is 2.60. The Morgan fingerprint density at radius 3 is 2.46 bits per heavy atom. The highest BCUT2D eigenvalue weighted by molar-refractivity contribution is 6.08. The molecule has 28 heavy (non-hydrogen) atoms. The predicted octanol–water partition coefficient (Wildman–Crippen LogP) is 3.94. The van der Waals surface area contributed by atoms with E-state index in [1.165, 1.54) is 38.5 Å². The molecular weight excluding hydrogens is 368 g/mol. The second-order valence-corrected chi connectivity index (χ2v) is 5.67. The number of nitro groups is 1. The summed E-state index contributed by atoms with van der Waals surface area (Å²) >= 11 is 0. The standard InChI is InChI=1S/C19H16N2O7/c1-11(20-26-3)17-10-15-14(8-9-16(25-2)18(15)28-17)19(22)27-13-6-4-12(5-7-13)21(23)24/h4-10H,1-3H3/b20-11-. The molecule has 0 aliphatic carbocycles. The molecule has 0 unspecified atom stereocenters. The minimum Gasteiger partial charge on any atom is -0.493 e.